The lowest BCUT2D eigenvalue weighted by atomic mass is 10.2. The molecule has 0 aromatic heterocycles. The summed E-state index contributed by atoms with van der Waals surface area (Å²) in [4.78, 5) is 13.5. The Kier molecular flexibility index (Phi) is 4.56. The SMILES string of the molecule is O=C1CCN(CCC2COCCO2)CCN1. The van der Waals surface area contributed by atoms with Crippen LogP contribution in [0.4, 0.5) is 0 Å². The molecule has 1 unspecified atom stereocenters. The van der Waals surface area contributed by atoms with Crippen molar-refractivity contribution >= 4 is 5.91 Å². The standard InChI is InChI=1S/C11H20N2O3/c14-11-2-5-13(6-3-12-11)4-1-10-9-15-7-8-16-10/h10H,1-9H2,(H,12,14). The molecule has 0 saturated carbocycles. The van der Waals surface area contributed by atoms with Crippen LogP contribution in [0.15, 0.2) is 0 Å². The van der Waals surface area contributed by atoms with Crippen LogP contribution < -0.4 is 5.32 Å². The molecule has 0 aromatic rings. The first-order chi connectivity index (χ1) is 7.84. The van der Waals surface area contributed by atoms with Crippen LogP contribution in [0.2, 0.25) is 0 Å². The lowest BCUT2D eigenvalue weighted by Gasteiger charge is -2.26. The van der Waals surface area contributed by atoms with Gasteiger partial charge in [-0.05, 0) is 6.42 Å². The van der Waals surface area contributed by atoms with E-state index in [4.69, 9.17) is 9.47 Å². The molecule has 5 nitrogen and oxygen atoms in total. The predicted octanol–water partition coefficient (Wildman–Crippen LogP) is -0.386. The Bertz CT molecular complexity index is 229. The van der Waals surface area contributed by atoms with Crippen molar-refractivity contribution in [3.05, 3.63) is 0 Å². The van der Waals surface area contributed by atoms with E-state index in [9.17, 15) is 4.79 Å². The molecule has 2 heterocycles. The maximum absolute atomic E-state index is 11.2. The highest BCUT2D eigenvalue weighted by molar-refractivity contribution is 5.76. The molecule has 0 spiro atoms. The van der Waals surface area contributed by atoms with E-state index in [0.717, 1.165) is 39.2 Å². The van der Waals surface area contributed by atoms with E-state index in [0.29, 0.717) is 19.6 Å². The lowest BCUT2D eigenvalue weighted by Crippen LogP contribution is -2.35. The molecule has 1 N–H and O–H groups in total. The molecular formula is C11H20N2O3. The third-order valence-corrected chi connectivity index (χ3v) is 3.06. The summed E-state index contributed by atoms with van der Waals surface area (Å²) < 4.78 is 10.9. The summed E-state index contributed by atoms with van der Waals surface area (Å²) in [5.41, 5.74) is 0. The van der Waals surface area contributed by atoms with Crippen LogP contribution in [0.3, 0.4) is 0 Å². The second-order valence-electron chi connectivity index (χ2n) is 4.30. The van der Waals surface area contributed by atoms with Gasteiger partial charge in [-0.3, -0.25) is 4.79 Å². The molecule has 16 heavy (non-hydrogen) atoms. The van der Waals surface area contributed by atoms with Crippen LogP contribution in [0, 0.1) is 0 Å². The zero-order valence-electron chi connectivity index (χ0n) is 9.61. The number of carbonyl (C=O) groups excluding carboxylic acids is 1. The van der Waals surface area contributed by atoms with Gasteiger partial charge in [-0.2, -0.15) is 0 Å². The Morgan fingerprint density at radius 2 is 2.31 bits per heavy atom. The number of ether oxygens (including phenoxy) is 2. The van der Waals surface area contributed by atoms with Gasteiger partial charge in [0, 0.05) is 32.6 Å². The summed E-state index contributed by atoms with van der Waals surface area (Å²) in [5.74, 6) is 0.166. The van der Waals surface area contributed by atoms with Crippen molar-refractivity contribution in [1.29, 1.82) is 0 Å². The monoisotopic (exact) mass is 228 g/mol. The van der Waals surface area contributed by atoms with Crippen molar-refractivity contribution in [1.82, 2.24) is 10.2 Å². The minimum Gasteiger partial charge on any atom is -0.376 e. The second-order valence-corrected chi connectivity index (χ2v) is 4.30. The Morgan fingerprint density at radius 3 is 3.12 bits per heavy atom. The van der Waals surface area contributed by atoms with Crippen molar-refractivity contribution in [3.63, 3.8) is 0 Å². The molecule has 92 valence electrons. The largest absolute Gasteiger partial charge is 0.376 e. The van der Waals surface area contributed by atoms with Gasteiger partial charge in [0.1, 0.15) is 0 Å². The van der Waals surface area contributed by atoms with Crippen molar-refractivity contribution in [2.75, 3.05) is 46.0 Å². The molecule has 5 heteroatoms. The number of carbonyl (C=O) groups is 1. The number of nitrogens with one attached hydrogen (secondary N) is 1. The van der Waals surface area contributed by atoms with E-state index < -0.39 is 0 Å². The van der Waals surface area contributed by atoms with Crippen molar-refractivity contribution in [3.8, 4) is 0 Å². The van der Waals surface area contributed by atoms with Crippen LogP contribution in [0.1, 0.15) is 12.8 Å². The smallest absolute Gasteiger partial charge is 0.221 e. The first kappa shape index (κ1) is 11.8. The van der Waals surface area contributed by atoms with E-state index in [1.54, 1.807) is 0 Å². The van der Waals surface area contributed by atoms with Gasteiger partial charge in [-0.1, -0.05) is 0 Å². The van der Waals surface area contributed by atoms with Gasteiger partial charge in [0.15, 0.2) is 0 Å². The second kappa shape index (κ2) is 6.18. The van der Waals surface area contributed by atoms with E-state index in [-0.39, 0.29) is 12.0 Å². The molecule has 2 aliphatic heterocycles. The highest BCUT2D eigenvalue weighted by Crippen LogP contribution is 2.07. The Morgan fingerprint density at radius 1 is 1.38 bits per heavy atom. The van der Waals surface area contributed by atoms with E-state index in [1.807, 2.05) is 0 Å². The zero-order valence-corrected chi connectivity index (χ0v) is 9.61. The van der Waals surface area contributed by atoms with Gasteiger partial charge >= 0.3 is 0 Å². The average Bonchev–Trinajstić information content (AvgIpc) is 2.53. The molecule has 0 aromatic carbocycles. The fourth-order valence-electron chi connectivity index (χ4n) is 2.07. The fraction of sp³-hybridized carbons (Fsp3) is 0.909. The average molecular weight is 228 g/mol. The highest BCUT2D eigenvalue weighted by atomic mass is 16.6. The zero-order chi connectivity index (χ0) is 11.2. The molecule has 2 saturated heterocycles. The number of amides is 1. The predicted molar refractivity (Wildman–Crippen MR) is 59.2 cm³/mol. The third-order valence-electron chi connectivity index (χ3n) is 3.06. The van der Waals surface area contributed by atoms with Gasteiger partial charge in [-0.15, -0.1) is 0 Å². The van der Waals surface area contributed by atoms with Crippen molar-refractivity contribution < 1.29 is 14.3 Å². The molecule has 1 amide bonds. The first-order valence-electron chi connectivity index (χ1n) is 6.03. The summed E-state index contributed by atoms with van der Waals surface area (Å²) in [6, 6.07) is 0. The molecule has 0 bridgehead atoms. The molecular weight excluding hydrogens is 208 g/mol. The topological polar surface area (TPSA) is 50.8 Å². The van der Waals surface area contributed by atoms with E-state index >= 15 is 0 Å². The Labute approximate surface area is 96.1 Å². The van der Waals surface area contributed by atoms with Crippen LogP contribution >= 0.6 is 0 Å². The quantitative estimate of drug-likeness (QED) is 0.715. The van der Waals surface area contributed by atoms with Gasteiger partial charge < -0.3 is 19.7 Å². The minimum atomic E-state index is 0.166. The van der Waals surface area contributed by atoms with Crippen LogP contribution in [-0.4, -0.2) is 62.9 Å². The van der Waals surface area contributed by atoms with Gasteiger partial charge in [0.2, 0.25) is 5.91 Å². The summed E-state index contributed by atoms with van der Waals surface area (Å²) in [5, 5.41) is 2.88. The molecule has 0 radical (unpaired) electrons. The summed E-state index contributed by atoms with van der Waals surface area (Å²) in [6.45, 7) is 5.71. The number of hydrogen-bond donors (Lipinski definition) is 1. The number of rotatable bonds is 3. The maximum atomic E-state index is 11.2. The molecule has 2 fully saturated rings. The van der Waals surface area contributed by atoms with Crippen LogP contribution in [-0.2, 0) is 14.3 Å². The summed E-state index contributed by atoms with van der Waals surface area (Å²) in [6.07, 6.45) is 1.84. The highest BCUT2D eigenvalue weighted by Gasteiger charge is 2.17. The number of hydrogen-bond acceptors (Lipinski definition) is 4. The lowest BCUT2D eigenvalue weighted by molar-refractivity contribution is -0.120. The van der Waals surface area contributed by atoms with Crippen molar-refractivity contribution in [2.24, 2.45) is 0 Å². The third kappa shape index (κ3) is 3.73. The molecule has 2 aliphatic rings. The fourth-order valence-corrected chi connectivity index (χ4v) is 2.07. The van der Waals surface area contributed by atoms with Crippen molar-refractivity contribution in [2.45, 2.75) is 18.9 Å². The van der Waals surface area contributed by atoms with Gasteiger partial charge in [0.25, 0.3) is 0 Å². The molecule has 0 aliphatic carbocycles. The Hall–Kier alpha value is -0.650. The summed E-state index contributed by atoms with van der Waals surface area (Å²) >= 11 is 0. The van der Waals surface area contributed by atoms with Crippen LogP contribution in [0.5, 0.6) is 0 Å². The Balaban J connectivity index is 1.66. The van der Waals surface area contributed by atoms with E-state index in [2.05, 4.69) is 10.2 Å². The molecule has 2 rings (SSSR count). The molecule has 1 atom stereocenters. The minimum absolute atomic E-state index is 0.166. The maximum Gasteiger partial charge on any atom is 0.221 e. The number of nitrogens with zero attached hydrogens (tertiary/aromatic N) is 1. The van der Waals surface area contributed by atoms with Gasteiger partial charge in [-0.25, -0.2) is 0 Å². The first-order valence-corrected chi connectivity index (χ1v) is 6.03. The summed E-state index contributed by atoms with van der Waals surface area (Å²) in [7, 11) is 0. The van der Waals surface area contributed by atoms with E-state index in [1.165, 1.54) is 0 Å². The van der Waals surface area contributed by atoms with Crippen LogP contribution in [0.25, 0.3) is 0 Å². The van der Waals surface area contributed by atoms with Gasteiger partial charge in [0.05, 0.1) is 25.9 Å². The normalized spacial score (nSPS) is 28.5.